The molecule has 1 aromatic heterocycles. The number of para-hydroxylation sites is 1. The minimum Gasteiger partial charge on any atom is -0.378 e. The molecular formula is C21H25N3O5S2. The van der Waals surface area contributed by atoms with Crippen LogP contribution in [0.3, 0.4) is 0 Å². The molecule has 0 aliphatic carbocycles. The number of anilines is 1. The van der Waals surface area contributed by atoms with Gasteiger partial charge in [-0.15, -0.1) is 11.3 Å². The molecule has 0 unspecified atom stereocenters. The number of amides is 2. The van der Waals surface area contributed by atoms with Gasteiger partial charge in [-0.05, 0) is 31.0 Å². The van der Waals surface area contributed by atoms with E-state index in [2.05, 4.69) is 5.32 Å². The molecule has 1 N–H and O–H groups in total. The van der Waals surface area contributed by atoms with Crippen LogP contribution in [0.2, 0.25) is 0 Å². The van der Waals surface area contributed by atoms with Crippen molar-refractivity contribution in [2.45, 2.75) is 17.1 Å². The zero-order valence-corrected chi connectivity index (χ0v) is 18.7. The average Bonchev–Trinajstić information content (AvgIpc) is 3.31. The molecule has 4 rings (SSSR count). The number of nitrogens with one attached hydrogen (secondary N) is 1. The van der Waals surface area contributed by atoms with Crippen LogP contribution in [0.1, 0.15) is 23.2 Å². The van der Waals surface area contributed by atoms with E-state index in [0.29, 0.717) is 44.7 Å². The zero-order chi connectivity index (χ0) is 21.8. The summed E-state index contributed by atoms with van der Waals surface area (Å²) in [6.45, 7) is 2.56. The van der Waals surface area contributed by atoms with Crippen molar-refractivity contribution in [3.63, 3.8) is 0 Å². The Bertz CT molecular complexity index is 1020. The van der Waals surface area contributed by atoms with E-state index >= 15 is 0 Å². The number of morpholine rings is 1. The molecule has 2 aliphatic rings. The van der Waals surface area contributed by atoms with Crippen LogP contribution >= 0.6 is 11.3 Å². The van der Waals surface area contributed by atoms with Crippen molar-refractivity contribution >= 4 is 38.9 Å². The number of ether oxygens (including phenoxy) is 1. The van der Waals surface area contributed by atoms with Gasteiger partial charge in [0.15, 0.2) is 0 Å². The van der Waals surface area contributed by atoms with Gasteiger partial charge in [0.1, 0.15) is 4.21 Å². The van der Waals surface area contributed by atoms with Gasteiger partial charge in [-0.25, -0.2) is 8.42 Å². The van der Waals surface area contributed by atoms with Gasteiger partial charge in [0.2, 0.25) is 5.91 Å². The molecule has 3 heterocycles. The summed E-state index contributed by atoms with van der Waals surface area (Å²) in [6.07, 6.45) is 0.922. The third-order valence-corrected chi connectivity index (χ3v) is 8.89. The number of benzene rings is 1. The Hall–Kier alpha value is -2.27. The second kappa shape index (κ2) is 9.47. The molecule has 2 fully saturated rings. The highest BCUT2D eigenvalue weighted by molar-refractivity contribution is 7.91. The minimum absolute atomic E-state index is 0.0854. The summed E-state index contributed by atoms with van der Waals surface area (Å²) in [5.74, 6) is -0.483. The highest BCUT2D eigenvalue weighted by atomic mass is 32.2. The first-order valence-electron chi connectivity index (χ1n) is 10.3. The van der Waals surface area contributed by atoms with Crippen LogP contribution in [0, 0.1) is 5.92 Å². The minimum atomic E-state index is -3.69. The van der Waals surface area contributed by atoms with Gasteiger partial charge in [-0.3, -0.25) is 9.59 Å². The Kier molecular flexibility index (Phi) is 6.71. The van der Waals surface area contributed by atoms with E-state index < -0.39 is 10.0 Å². The van der Waals surface area contributed by atoms with E-state index in [1.807, 2.05) is 30.3 Å². The smallest absolute Gasteiger partial charge is 0.254 e. The third kappa shape index (κ3) is 4.98. The van der Waals surface area contributed by atoms with Crippen LogP contribution in [-0.2, 0) is 19.6 Å². The SMILES string of the molecule is O=C(Nc1ccccc1)C1CCN(S(=O)(=O)c2cc(C(=O)N3CCOCC3)cs2)CC1. The highest BCUT2D eigenvalue weighted by Crippen LogP contribution is 2.29. The van der Waals surface area contributed by atoms with Crippen molar-refractivity contribution in [1.82, 2.24) is 9.21 Å². The first-order valence-corrected chi connectivity index (χ1v) is 12.6. The van der Waals surface area contributed by atoms with Crippen molar-refractivity contribution < 1.29 is 22.7 Å². The van der Waals surface area contributed by atoms with E-state index in [1.165, 1.54) is 10.4 Å². The van der Waals surface area contributed by atoms with E-state index in [0.717, 1.165) is 17.0 Å². The summed E-state index contributed by atoms with van der Waals surface area (Å²) in [4.78, 5) is 26.8. The quantitative estimate of drug-likeness (QED) is 0.734. The molecule has 1 aromatic carbocycles. The predicted octanol–water partition coefficient (Wildman–Crippen LogP) is 2.26. The monoisotopic (exact) mass is 463 g/mol. The maximum absolute atomic E-state index is 13.1. The van der Waals surface area contributed by atoms with Crippen molar-refractivity contribution in [2.24, 2.45) is 5.92 Å². The van der Waals surface area contributed by atoms with Crippen molar-refractivity contribution in [2.75, 3.05) is 44.7 Å². The van der Waals surface area contributed by atoms with Crippen molar-refractivity contribution in [1.29, 1.82) is 0 Å². The van der Waals surface area contributed by atoms with E-state index in [9.17, 15) is 18.0 Å². The Morgan fingerprint density at radius 3 is 2.39 bits per heavy atom. The van der Waals surface area contributed by atoms with Crippen LogP contribution in [0.25, 0.3) is 0 Å². The fourth-order valence-electron chi connectivity index (χ4n) is 3.76. The highest BCUT2D eigenvalue weighted by Gasteiger charge is 2.33. The summed E-state index contributed by atoms with van der Waals surface area (Å²) in [5, 5.41) is 4.49. The Morgan fingerprint density at radius 1 is 1.03 bits per heavy atom. The van der Waals surface area contributed by atoms with E-state index in [4.69, 9.17) is 4.74 Å². The Labute approximate surface area is 185 Å². The molecule has 2 saturated heterocycles. The molecule has 2 aromatic rings. The average molecular weight is 464 g/mol. The molecule has 166 valence electrons. The summed E-state index contributed by atoms with van der Waals surface area (Å²) in [6, 6.07) is 10.7. The molecule has 8 nitrogen and oxygen atoms in total. The van der Waals surface area contributed by atoms with Gasteiger partial charge in [0.25, 0.3) is 15.9 Å². The molecule has 2 aliphatic heterocycles. The van der Waals surface area contributed by atoms with Gasteiger partial charge in [0, 0.05) is 43.2 Å². The lowest BCUT2D eigenvalue weighted by atomic mass is 9.97. The fraction of sp³-hybridized carbons (Fsp3) is 0.429. The van der Waals surface area contributed by atoms with E-state index in [1.54, 1.807) is 10.3 Å². The standard InChI is InChI=1S/C21H25N3O5S2/c25-20(22-18-4-2-1-3-5-18)16-6-8-24(9-7-16)31(27,28)19-14-17(15-30-19)21(26)23-10-12-29-13-11-23/h1-5,14-16H,6-13H2,(H,22,25). The largest absolute Gasteiger partial charge is 0.378 e. The number of carbonyl (C=O) groups is 2. The van der Waals surface area contributed by atoms with Crippen LogP contribution < -0.4 is 5.32 Å². The first kappa shape index (κ1) is 21.9. The number of rotatable bonds is 5. The molecule has 0 saturated carbocycles. The summed E-state index contributed by atoms with van der Waals surface area (Å²) >= 11 is 1.06. The maximum atomic E-state index is 13.1. The van der Waals surface area contributed by atoms with Crippen molar-refractivity contribution in [3.8, 4) is 0 Å². The van der Waals surface area contributed by atoms with Crippen LogP contribution in [0.5, 0.6) is 0 Å². The van der Waals surface area contributed by atoms with Gasteiger partial charge in [0.05, 0.1) is 18.8 Å². The Morgan fingerprint density at radius 2 is 1.71 bits per heavy atom. The van der Waals surface area contributed by atoms with Crippen molar-refractivity contribution in [3.05, 3.63) is 47.3 Å². The predicted molar refractivity (Wildman–Crippen MR) is 118 cm³/mol. The summed E-state index contributed by atoms with van der Waals surface area (Å²) in [5.41, 5.74) is 1.13. The first-order chi connectivity index (χ1) is 14.9. The van der Waals surface area contributed by atoms with Crippen LogP contribution in [-0.4, -0.2) is 68.8 Å². The number of thiophene rings is 1. The lowest BCUT2D eigenvalue weighted by molar-refractivity contribution is -0.120. The number of hydrogen-bond donors (Lipinski definition) is 1. The number of sulfonamides is 1. The molecule has 0 atom stereocenters. The molecule has 31 heavy (non-hydrogen) atoms. The van der Waals surface area contributed by atoms with Gasteiger partial charge in [-0.1, -0.05) is 18.2 Å². The number of nitrogens with zero attached hydrogens (tertiary/aromatic N) is 2. The second-order valence-corrected chi connectivity index (χ2v) is 10.7. The number of piperidine rings is 1. The molecule has 0 spiro atoms. The maximum Gasteiger partial charge on any atom is 0.254 e. The summed E-state index contributed by atoms with van der Waals surface area (Å²) in [7, 11) is -3.69. The second-order valence-electron chi connectivity index (χ2n) is 7.59. The van der Waals surface area contributed by atoms with Gasteiger partial charge >= 0.3 is 0 Å². The normalized spacial score (nSPS) is 18.6. The fourth-order valence-corrected chi connectivity index (χ4v) is 6.54. The van der Waals surface area contributed by atoms with E-state index in [-0.39, 0.29) is 35.0 Å². The lowest BCUT2D eigenvalue weighted by Crippen LogP contribution is -2.41. The number of hydrogen-bond acceptors (Lipinski definition) is 6. The zero-order valence-electron chi connectivity index (χ0n) is 17.0. The summed E-state index contributed by atoms with van der Waals surface area (Å²) < 4.78 is 33.0. The molecule has 0 radical (unpaired) electrons. The lowest BCUT2D eigenvalue weighted by Gasteiger charge is -2.30. The Balaban J connectivity index is 1.36. The molecule has 0 bridgehead atoms. The molecule has 10 heteroatoms. The van der Waals surface area contributed by atoms with Gasteiger partial charge < -0.3 is 15.0 Å². The van der Waals surface area contributed by atoms with Crippen LogP contribution in [0.15, 0.2) is 46.0 Å². The molecular weight excluding hydrogens is 438 g/mol. The number of carbonyl (C=O) groups excluding carboxylic acids is 2. The third-order valence-electron chi connectivity index (χ3n) is 5.58. The topological polar surface area (TPSA) is 96.0 Å². The van der Waals surface area contributed by atoms with Crippen LogP contribution in [0.4, 0.5) is 5.69 Å². The molecule has 2 amide bonds. The van der Waals surface area contributed by atoms with Gasteiger partial charge in [-0.2, -0.15) is 4.31 Å².